The van der Waals surface area contributed by atoms with Gasteiger partial charge in [-0.1, -0.05) is 30.3 Å². The van der Waals surface area contributed by atoms with Crippen LogP contribution >= 0.6 is 0 Å². The fourth-order valence-corrected chi connectivity index (χ4v) is 5.45. The number of hydrogen-bond donors (Lipinski definition) is 3. The first-order valence-electron chi connectivity index (χ1n) is 15.3. The Balaban J connectivity index is 1.64. The lowest BCUT2D eigenvalue weighted by Gasteiger charge is -2.26. The second-order valence-corrected chi connectivity index (χ2v) is 13.6. The van der Waals surface area contributed by atoms with Crippen LogP contribution < -0.4 is 32.2 Å². The number of fused-ring (bicyclic) bond motifs is 1. The number of halogens is 2. The second-order valence-electron chi connectivity index (χ2n) is 13.6. The van der Waals surface area contributed by atoms with Crippen molar-refractivity contribution in [1.29, 1.82) is 0 Å². The van der Waals surface area contributed by atoms with Crippen molar-refractivity contribution in [2.75, 3.05) is 28.7 Å². The number of nitrogens with one attached hydrogen (secondary N) is 3. The van der Waals surface area contributed by atoms with E-state index in [1.807, 2.05) is 6.07 Å². The van der Waals surface area contributed by atoms with Crippen LogP contribution in [-0.2, 0) is 16.0 Å². The van der Waals surface area contributed by atoms with Gasteiger partial charge in [0, 0.05) is 25.7 Å². The van der Waals surface area contributed by atoms with Gasteiger partial charge in [-0.05, 0) is 66.4 Å². The van der Waals surface area contributed by atoms with E-state index in [1.165, 1.54) is 4.90 Å². The van der Waals surface area contributed by atoms with Gasteiger partial charge in [-0.2, -0.15) is 4.68 Å². The first kappa shape index (κ1) is 32.8. The number of anilines is 2. The summed E-state index contributed by atoms with van der Waals surface area (Å²) in [4.78, 5) is 54.2. The molecule has 1 aliphatic carbocycles. The lowest BCUT2D eigenvalue weighted by Crippen LogP contribution is -2.48. The van der Waals surface area contributed by atoms with Crippen molar-refractivity contribution in [3.05, 3.63) is 68.4 Å². The van der Waals surface area contributed by atoms with E-state index in [9.17, 15) is 19.2 Å². The molecule has 2 aromatic carbocycles. The van der Waals surface area contributed by atoms with Crippen molar-refractivity contribution >= 4 is 34.5 Å². The second kappa shape index (κ2) is 12.3. The molecule has 1 atom stereocenters. The highest BCUT2D eigenvalue weighted by Crippen LogP contribution is 2.42. The highest BCUT2D eigenvalue weighted by atomic mass is 19.1. The highest BCUT2D eigenvalue weighted by Gasteiger charge is 2.37. The molecule has 1 aromatic heterocycles. The van der Waals surface area contributed by atoms with E-state index in [0.29, 0.717) is 23.9 Å². The zero-order valence-electron chi connectivity index (χ0n) is 26.8. The van der Waals surface area contributed by atoms with Crippen LogP contribution in [0.4, 0.5) is 29.7 Å². The Labute approximate surface area is 264 Å². The molecule has 1 saturated heterocycles. The molecule has 46 heavy (non-hydrogen) atoms. The molecule has 3 aromatic rings. The number of carbonyl (C=O) groups excluding carboxylic acids is 2. The molecular weight excluding hydrogens is 602 g/mol. The summed E-state index contributed by atoms with van der Waals surface area (Å²) in [6.45, 7) is 10.3. The normalized spacial score (nSPS) is 16.8. The quantitative estimate of drug-likeness (QED) is 0.329. The number of alkyl carbamates (subject to hydrolysis) is 1. The molecule has 14 heteroatoms. The van der Waals surface area contributed by atoms with Gasteiger partial charge in [0.1, 0.15) is 16.9 Å². The Kier molecular flexibility index (Phi) is 8.75. The molecule has 0 unspecified atom stereocenters. The standard InChI is InChI=1S/C32H40F2N6O6/c1-31(2,3)45-28(42)36-19-14-15-38(17-19)26-22(33)24(35-16-18-10-8-7-9-11-18)21-25(23(26)34)39(20-12-13-20)30(44)40(27(21)41)37-29(43)46-32(4,5)6/h7-11,19-20,35H,12-17H2,1-6H3,(H,36,42)(H,37,43)/t19-/m0/s1. The predicted molar refractivity (Wildman–Crippen MR) is 170 cm³/mol. The minimum Gasteiger partial charge on any atom is -0.444 e. The van der Waals surface area contributed by atoms with Gasteiger partial charge in [0.15, 0.2) is 11.6 Å². The van der Waals surface area contributed by atoms with Crippen molar-refractivity contribution in [1.82, 2.24) is 14.6 Å². The van der Waals surface area contributed by atoms with Crippen LogP contribution in [0, 0.1) is 11.6 Å². The van der Waals surface area contributed by atoms with Crippen LogP contribution in [0.5, 0.6) is 0 Å². The van der Waals surface area contributed by atoms with Crippen LogP contribution in [0.2, 0.25) is 0 Å². The van der Waals surface area contributed by atoms with Crippen LogP contribution in [0.15, 0.2) is 39.9 Å². The molecule has 2 amide bonds. The monoisotopic (exact) mass is 642 g/mol. The maximum atomic E-state index is 16.7. The van der Waals surface area contributed by atoms with Gasteiger partial charge in [-0.25, -0.2) is 28.6 Å². The number of ether oxygens (including phenoxy) is 2. The smallest absolute Gasteiger partial charge is 0.427 e. The summed E-state index contributed by atoms with van der Waals surface area (Å²) in [6.07, 6.45) is -0.316. The molecule has 248 valence electrons. The summed E-state index contributed by atoms with van der Waals surface area (Å²) in [7, 11) is 0. The number of hydrogen-bond acceptors (Lipinski definition) is 8. The Morgan fingerprint density at radius 3 is 2.15 bits per heavy atom. The number of carbonyl (C=O) groups is 2. The lowest BCUT2D eigenvalue weighted by atomic mass is 10.1. The van der Waals surface area contributed by atoms with Crippen LogP contribution in [0.25, 0.3) is 10.9 Å². The molecule has 5 rings (SSSR count). The van der Waals surface area contributed by atoms with Gasteiger partial charge in [-0.15, -0.1) is 0 Å². The first-order chi connectivity index (χ1) is 21.5. The number of nitrogens with zero attached hydrogens (tertiary/aromatic N) is 3. The summed E-state index contributed by atoms with van der Waals surface area (Å²) in [5, 5.41) is 5.28. The molecule has 2 fully saturated rings. The molecule has 2 aliphatic rings. The summed E-state index contributed by atoms with van der Waals surface area (Å²) < 4.78 is 45.5. The average molecular weight is 643 g/mol. The van der Waals surface area contributed by atoms with E-state index >= 15 is 8.78 Å². The first-order valence-corrected chi connectivity index (χ1v) is 15.3. The average Bonchev–Trinajstić information content (AvgIpc) is 3.68. The number of amides is 2. The van der Waals surface area contributed by atoms with E-state index in [0.717, 1.165) is 10.1 Å². The third-order valence-electron chi connectivity index (χ3n) is 7.44. The molecule has 0 radical (unpaired) electrons. The molecular formula is C32H40F2N6O6. The summed E-state index contributed by atoms with van der Waals surface area (Å²) in [6, 6.07) is 8.07. The van der Waals surface area contributed by atoms with Gasteiger partial charge in [-0.3, -0.25) is 9.36 Å². The fraction of sp³-hybridized carbons (Fsp3) is 0.500. The predicted octanol–water partition coefficient (Wildman–Crippen LogP) is 4.97. The molecule has 1 aliphatic heterocycles. The van der Waals surface area contributed by atoms with Gasteiger partial charge in [0.25, 0.3) is 5.56 Å². The van der Waals surface area contributed by atoms with Gasteiger partial charge < -0.3 is 25.0 Å². The van der Waals surface area contributed by atoms with Gasteiger partial charge >= 0.3 is 17.9 Å². The largest absolute Gasteiger partial charge is 0.444 e. The summed E-state index contributed by atoms with van der Waals surface area (Å²) in [5.74, 6) is -2.12. The lowest BCUT2D eigenvalue weighted by molar-refractivity contribution is 0.0507. The van der Waals surface area contributed by atoms with E-state index in [-0.39, 0.29) is 30.8 Å². The molecule has 0 bridgehead atoms. The number of benzene rings is 2. The molecule has 2 heterocycles. The van der Waals surface area contributed by atoms with E-state index < -0.39 is 69.4 Å². The zero-order chi connectivity index (χ0) is 33.6. The maximum Gasteiger partial charge on any atom is 0.427 e. The molecule has 1 saturated carbocycles. The van der Waals surface area contributed by atoms with Crippen molar-refractivity contribution in [3.63, 3.8) is 0 Å². The number of rotatable bonds is 7. The summed E-state index contributed by atoms with van der Waals surface area (Å²) in [5.41, 5.74) is -1.95. The third-order valence-corrected chi connectivity index (χ3v) is 7.44. The van der Waals surface area contributed by atoms with Gasteiger partial charge in [0.2, 0.25) is 0 Å². The Bertz CT molecular complexity index is 1770. The SMILES string of the molecule is CC(C)(C)OC(=O)N[C@H]1CCN(c2c(F)c(NCc3ccccc3)c3c(=O)n(NC(=O)OC(C)(C)C)c(=O)n(C4CC4)c3c2F)C1. The fourth-order valence-electron chi connectivity index (χ4n) is 5.45. The highest BCUT2D eigenvalue weighted by molar-refractivity contribution is 5.96. The van der Waals surface area contributed by atoms with Crippen molar-refractivity contribution in [2.45, 2.75) is 90.6 Å². The molecule has 12 nitrogen and oxygen atoms in total. The van der Waals surface area contributed by atoms with Crippen molar-refractivity contribution < 1.29 is 27.8 Å². The minimum atomic E-state index is -1.12. The molecule has 0 spiro atoms. The van der Waals surface area contributed by atoms with E-state index in [2.05, 4.69) is 16.1 Å². The number of aromatic nitrogens is 2. The van der Waals surface area contributed by atoms with Crippen LogP contribution in [0.3, 0.4) is 0 Å². The zero-order valence-corrected chi connectivity index (χ0v) is 26.8. The Morgan fingerprint density at radius 2 is 1.54 bits per heavy atom. The third kappa shape index (κ3) is 7.10. The topological polar surface area (TPSA) is 136 Å². The van der Waals surface area contributed by atoms with E-state index in [1.54, 1.807) is 65.8 Å². The minimum absolute atomic E-state index is 0.0572. The van der Waals surface area contributed by atoms with E-state index in [4.69, 9.17) is 9.47 Å². The molecule has 3 N–H and O–H groups in total. The maximum absolute atomic E-state index is 16.7. The Morgan fingerprint density at radius 1 is 0.913 bits per heavy atom. The van der Waals surface area contributed by atoms with Crippen molar-refractivity contribution in [2.24, 2.45) is 0 Å². The van der Waals surface area contributed by atoms with Gasteiger partial charge in [0.05, 0.1) is 22.6 Å². The Hall–Kier alpha value is -4.62. The van der Waals surface area contributed by atoms with Crippen LogP contribution in [-0.4, -0.2) is 51.8 Å². The van der Waals surface area contributed by atoms with Crippen LogP contribution in [0.1, 0.15) is 72.4 Å². The summed E-state index contributed by atoms with van der Waals surface area (Å²) >= 11 is 0. The van der Waals surface area contributed by atoms with Crippen molar-refractivity contribution in [3.8, 4) is 0 Å².